The summed E-state index contributed by atoms with van der Waals surface area (Å²) in [6.45, 7) is 4.39. The highest BCUT2D eigenvalue weighted by Gasteiger charge is 2.18. The van der Waals surface area contributed by atoms with E-state index in [4.69, 9.17) is 5.73 Å². The van der Waals surface area contributed by atoms with Gasteiger partial charge in [0, 0.05) is 6.04 Å². The molecule has 0 aliphatic rings. The van der Waals surface area contributed by atoms with Crippen molar-refractivity contribution in [1.29, 1.82) is 0 Å². The van der Waals surface area contributed by atoms with Crippen LogP contribution in [0.5, 0.6) is 5.75 Å². The molecule has 1 unspecified atom stereocenters. The molecule has 18 heavy (non-hydrogen) atoms. The van der Waals surface area contributed by atoms with Gasteiger partial charge in [0.1, 0.15) is 11.6 Å². The second kappa shape index (κ2) is 6.35. The van der Waals surface area contributed by atoms with Gasteiger partial charge in [-0.2, -0.15) is 0 Å². The Morgan fingerprint density at radius 1 is 1.50 bits per heavy atom. The Morgan fingerprint density at radius 3 is 2.72 bits per heavy atom. The van der Waals surface area contributed by atoms with Gasteiger partial charge in [-0.3, -0.25) is 4.79 Å². The van der Waals surface area contributed by atoms with Crippen molar-refractivity contribution in [2.75, 3.05) is 6.54 Å². The molecule has 4 nitrogen and oxygen atoms in total. The van der Waals surface area contributed by atoms with Crippen LogP contribution in [-0.4, -0.2) is 23.6 Å². The lowest BCUT2D eigenvalue weighted by Crippen LogP contribution is -2.40. The Kier molecular flexibility index (Phi) is 5.09. The van der Waals surface area contributed by atoms with Crippen LogP contribution in [0.1, 0.15) is 30.6 Å². The molecule has 0 aliphatic carbocycles. The molecule has 0 aromatic heterocycles. The molecule has 0 saturated carbocycles. The molecule has 1 aromatic carbocycles. The number of carbonyl (C=O) groups excluding carboxylic acids is 1. The van der Waals surface area contributed by atoms with E-state index in [1.165, 1.54) is 0 Å². The summed E-state index contributed by atoms with van der Waals surface area (Å²) in [5, 5.41) is 12.3. The topological polar surface area (TPSA) is 75.3 Å². The van der Waals surface area contributed by atoms with Crippen molar-refractivity contribution in [2.24, 2.45) is 11.7 Å². The first kappa shape index (κ1) is 14.4. The molecule has 5 heteroatoms. The minimum atomic E-state index is -0.558. The maximum absolute atomic E-state index is 13.0. The van der Waals surface area contributed by atoms with E-state index in [1.807, 2.05) is 13.8 Å². The van der Waals surface area contributed by atoms with E-state index in [1.54, 1.807) is 0 Å². The molecule has 0 spiro atoms. The smallest absolute Gasteiger partial charge is 0.255 e. The number of nitrogens with two attached hydrogens (primary N) is 1. The lowest BCUT2D eigenvalue weighted by Gasteiger charge is -2.22. The van der Waals surface area contributed by atoms with Crippen LogP contribution < -0.4 is 11.1 Å². The van der Waals surface area contributed by atoms with Crippen molar-refractivity contribution in [3.05, 3.63) is 29.6 Å². The molecule has 0 saturated heterocycles. The fourth-order valence-corrected chi connectivity index (χ4v) is 1.69. The van der Waals surface area contributed by atoms with Gasteiger partial charge in [0.15, 0.2) is 0 Å². The quantitative estimate of drug-likeness (QED) is 0.747. The van der Waals surface area contributed by atoms with Gasteiger partial charge < -0.3 is 16.2 Å². The van der Waals surface area contributed by atoms with Crippen molar-refractivity contribution in [1.82, 2.24) is 5.32 Å². The van der Waals surface area contributed by atoms with Crippen molar-refractivity contribution in [3.63, 3.8) is 0 Å². The van der Waals surface area contributed by atoms with E-state index < -0.39 is 11.7 Å². The van der Waals surface area contributed by atoms with Crippen molar-refractivity contribution in [3.8, 4) is 5.75 Å². The third-order valence-corrected chi connectivity index (χ3v) is 2.80. The maximum Gasteiger partial charge on any atom is 0.255 e. The Morgan fingerprint density at radius 2 is 2.17 bits per heavy atom. The normalized spacial score (nSPS) is 12.5. The Bertz CT molecular complexity index is 421. The van der Waals surface area contributed by atoms with Crippen LogP contribution in [0.2, 0.25) is 0 Å². The van der Waals surface area contributed by atoms with Crippen LogP contribution in [0.4, 0.5) is 4.39 Å². The van der Waals surface area contributed by atoms with E-state index in [9.17, 15) is 14.3 Å². The summed E-state index contributed by atoms with van der Waals surface area (Å²) in [6, 6.07) is 3.19. The molecular formula is C13H19FN2O2. The largest absolute Gasteiger partial charge is 0.507 e. The van der Waals surface area contributed by atoms with Crippen molar-refractivity contribution >= 4 is 5.91 Å². The second-order valence-electron chi connectivity index (χ2n) is 4.56. The number of hydrogen-bond acceptors (Lipinski definition) is 3. The zero-order chi connectivity index (χ0) is 13.7. The van der Waals surface area contributed by atoms with E-state index in [0.717, 1.165) is 18.2 Å². The van der Waals surface area contributed by atoms with Crippen LogP contribution in [0.25, 0.3) is 0 Å². The van der Waals surface area contributed by atoms with Crippen molar-refractivity contribution in [2.45, 2.75) is 26.3 Å². The monoisotopic (exact) mass is 254 g/mol. The summed E-state index contributed by atoms with van der Waals surface area (Å²) >= 11 is 0. The number of hydrogen-bond donors (Lipinski definition) is 3. The van der Waals surface area contributed by atoms with E-state index in [0.29, 0.717) is 13.0 Å². The predicted octanol–water partition coefficient (Wildman–Crippen LogP) is 1.63. The van der Waals surface area contributed by atoms with Gasteiger partial charge in [0.25, 0.3) is 5.91 Å². The molecule has 1 atom stereocenters. The van der Waals surface area contributed by atoms with Gasteiger partial charge >= 0.3 is 0 Å². The maximum atomic E-state index is 13.0. The minimum Gasteiger partial charge on any atom is -0.507 e. The molecule has 0 bridgehead atoms. The zero-order valence-electron chi connectivity index (χ0n) is 10.6. The highest BCUT2D eigenvalue weighted by molar-refractivity contribution is 5.97. The van der Waals surface area contributed by atoms with Gasteiger partial charge in [0.05, 0.1) is 5.56 Å². The number of aromatic hydroxyl groups is 1. The van der Waals surface area contributed by atoms with Crippen LogP contribution in [-0.2, 0) is 0 Å². The number of carbonyl (C=O) groups is 1. The summed E-state index contributed by atoms with van der Waals surface area (Å²) in [4.78, 5) is 11.9. The zero-order valence-corrected chi connectivity index (χ0v) is 10.6. The van der Waals surface area contributed by atoms with E-state index in [-0.39, 0.29) is 23.3 Å². The molecular weight excluding hydrogens is 235 g/mol. The first-order chi connectivity index (χ1) is 8.45. The summed E-state index contributed by atoms with van der Waals surface area (Å²) in [7, 11) is 0. The number of nitrogens with one attached hydrogen (secondary N) is 1. The summed E-state index contributed by atoms with van der Waals surface area (Å²) < 4.78 is 13.0. The Hall–Kier alpha value is -1.62. The van der Waals surface area contributed by atoms with Gasteiger partial charge in [-0.05, 0) is 37.1 Å². The number of phenolic OH excluding ortho intramolecular Hbond substituents is 1. The fraction of sp³-hybridized carbons (Fsp3) is 0.462. The number of halogens is 1. The molecule has 1 aromatic rings. The molecule has 0 radical (unpaired) electrons. The molecule has 0 fully saturated rings. The number of benzene rings is 1. The highest BCUT2D eigenvalue weighted by atomic mass is 19.1. The average molecular weight is 254 g/mol. The fourth-order valence-electron chi connectivity index (χ4n) is 1.69. The molecule has 1 amide bonds. The molecule has 0 heterocycles. The highest BCUT2D eigenvalue weighted by Crippen LogP contribution is 2.18. The molecule has 1 rings (SSSR count). The second-order valence-corrected chi connectivity index (χ2v) is 4.56. The number of phenols is 1. The van der Waals surface area contributed by atoms with E-state index >= 15 is 0 Å². The lowest BCUT2D eigenvalue weighted by molar-refractivity contribution is 0.0921. The van der Waals surface area contributed by atoms with Gasteiger partial charge in [-0.25, -0.2) is 4.39 Å². The van der Waals surface area contributed by atoms with Crippen LogP contribution >= 0.6 is 0 Å². The minimum absolute atomic E-state index is 0.0577. The number of amides is 1. The van der Waals surface area contributed by atoms with Gasteiger partial charge in [0.2, 0.25) is 0 Å². The summed E-state index contributed by atoms with van der Waals surface area (Å²) in [5.74, 6) is -1.06. The summed E-state index contributed by atoms with van der Waals surface area (Å²) in [6.07, 6.45) is 0.638. The lowest BCUT2D eigenvalue weighted by atomic mass is 10.0. The molecule has 4 N–H and O–H groups in total. The first-order valence-corrected chi connectivity index (χ1v) is 5.95. The first-order valence-electron chi connectivity index (χ1n) is 5.95. The van der Waals surface area contributed by atoms with Gasteiger partial charge in [-0.1, -0.05) is 13.8 Å². The van der Waals surface area contributed by atoms with Gasteiger partial charge in [-0.15, -0.1) is 0 Å². The SMILES string of the molecule is CC(C)C(CCN)NC(=O)c1cc(F)ccc1O. The molecule has 0 aliphatic heterocycles. The Balaban J connectivity index is 2.83. The third-order valence-electron chi connectivity index (χ3n) is 2.80. The Labute approximate surface area is 106 Å². The standard InChI is InChI=1S/C13H19FN2O2/c1-8(2)11(5-6-15)16-13(18)10-7-9(14)3-4-12(10)17/h3-4,7-8,11,17H,5-6,15H2,1-2H3,(H,16,18). The molecule has 100 valence electrons. The van der Waals surface area contributed by atoms with E-state index in [2.05, 4.69) is 5.32 Å². The van der Waals surface area contributed by atoms with Crippen LogP contribution in [0.15, 0.2) is 18.2 Å². The average Bonchev–Trinajstić information content (AvgIpc) is 2.31. The van der Waals surface area contributed by atoms with Crippen LogP contribution in [0.3, 0.4) is 0 Å². The third kappa shape index (κ3) is 3.70. The predicted molar refractivity (Wildman–Crippen MR) is 67.8 cm³/mol. The van der Waals surface area contributed by atoms with Crippen molar-refractivity contribution < 1.29 is 14.3 Å². The van der Waals surface area contributed by atoms with Crippen LogP contribution in [0, 0.1) is 11.7 Å². The summed E-state index contributed by atoms with van der Waals surface area (Å²) in [5.41, 5.74) is 5.42. The number of rotatable bonds is 5.